The SMILES string of the molecule is COC=C/C(=C(/C)C(=O)O)c1ccc(S(C)(=O)=O)cc1. The van der Waals surface area contributed by atoms with Crippen LogP contribution in [0.15, 0.2) is 47.1 Å². The minimum absolute atomic E-state index is 0.144. The van der Waals surface area contributed by atoms with E-state index < -0.39 is 15.8 Å². The summed E-state index contributed by atoms with van der Waals surface area (Å²) in [6, 6.07) is 6.02. The van der Waals surface area contributed by atoms with Crippen molar-refractivity contribution in [3.8, 4) is 0 Å². The molecule has 0 saturated heterocycles. The summed E-state index contributed by atoms with van der Waals surface area (Å²) in [7, 11) is -1.82. The van der Waals surface area contributed by atoms with Gasteiger partial charge in [0.15, 0.2) is 9.84 Å². The van der Waals surface area contributed by atoms with E-state index in [0.29, 0.717) is 11.1 Å². The predicted molar refractivity (Wildman–Crippen MR) is 75.9 cm³/mol. The van der Waals surface area contributed by atoms with E-state index in [-0.39, 0.29) is 10.5 Å². The maximum atomic E-state index is 11.4. The molecule has 0 aliphatic rings. The summed E-state index contributed by atoms with van der Waals surface area (Å²) in [5.41, 5.74) is 1.20. The highest BCUT2D eigenvalue weighted by atomic mass is 32.2. The Morgan fingerprint density at radius 3 is 2.20 bits per heavy atom. The van der Waals surface area contributed by atoms with Crippen molar-refractivity contribution in [2.45, 2.75) is 11.8 Å². The molecule has 0 aromatic heterocycles. The van der Waals surface area contributed by atoms with E-state index >= 15 is 0 Å². The third-order valence-electron chi connectivity index (χ3n) is 2.69. The molecule has 0 spiro atoms. The van der Waals surface area contributed by atoms with Crippen molar-refractivity contribution in [3.05, 3.63) is 47.7 Å². The number of aliphatic carboxylic acids is 1. The second-order valence-electron chi connectivity index (χ2n) is 4.18. The number of carboxylic acids is 1. The van der Waals surface area contributed by atoms with Gasteiger partial charge < -0.3 is 9.84 Å². The number of rotatable bonds is 5. The van der Waals surface area contributed by atoms with E-state index in [0.717, 1.165) is 6.26 Å². The molecule has 1 N–H and O–H groups in total. The van der Waals surface area contributed by atoms with Crippen LogP contribution in [0.25, 0.3) is 5.57 Å². The van der Waals surface area contributed by atoms with Crippen LogP contribution in [0.2, 0.25) is 0 Å². The third kappa shape index (κ3) is 3.96. The lowest BCUT2D eigenvalue weighted by atomic mass is 10.0. The summed E-state index contributed by atoms with van der Waals surface area (Å²) in [5.74, 6) is -1.05. The molecule has 108 valence electrons. The van der Waals surface area contributed by atoms with Crippen molar-refractivity contribution in [2.24, 2.45) is 0 Å². The molecule has 1 rings (SSSR count). The quantitative estimate of drug-likeness (QED) is 0.511. The van der Waals surface area contributed by atoms with Crippen molar-refractivity contribution in [1.29, 1.82) is 0 Å². The fourth-order valence-electron chi connectivity index (χ4n) is 1.57. The molecule has 0 unspecified atom stereocenters. The number of carboxylic acid groups (broad SMARTS) is 1. The van der Waals surface area contributed by atoms with Gasteiger partial charge in [0.1, 0.15) is 0 Å². The highest BCUT2D eigenvalue weighted by Crippen LogP contribution is 2.22. The lowest BCUT2D eigenvalue weighted by Crippen LogP contribution is -2.01. The lowest BCUT2D eigenvalue weighted by Gasteiger charge is -2.07. The third-order valence-corrected chi connectivity index (χ3v) is 3.82. The molecule has 1 aromatic rings. The summed E-state index contributed by atoms with van der Waals surface area (Å²) in [6.07, 6.45) is 4.01. The molecule has 0 fully saturated rings. The molecule has 20 heavy (non-hydrogen) atoms. The Hall–Kier alpha value is -2.08. The summed E-state index contributed by atoms with van der Waals surface area (Å²) in [5, 5.41) is 9.07. The first-order valence-electron chi connectivity index (χ1n) is 5.71. The lowest BCUT2D eigenvalue weighted by molar-refractivity contribution is -0.132. The molecule has 0 bridgehead atoms. The molecular weight excluding hydrogens is 280 g/mol. The summed E-state index contributed by atoms with van der Waals surface area (Å²) in [4.78, 5) is 11.3. The summed E-state index contributed by atoms with van der Waals surface area (Å²) >= 11 is 0. The zero-order valence-electron chi connectivity index (χ0n) is 11.5. The first-order valence-corrected chi connectivity index (χ1v) is 7.60. The molecule has 0 aliphatic heterocycles. The van der Waals surface area contributed by atoms with E-state index in [9.17, 15) is 13.2 Å². The first-order chi connectivity index (χ1) is 9.27. The van der Waals surface area contributed by atoms with Crippen molar-refractivity contribution >= 4 is 21.4 Å². The molecule has 0 heterocycles. The molecule has 0 saturated carbocycles. The zero-order valence-corrected chi connectivity index (χ0v) is 12.3. The Morgan fingerprint density at radius 1 is 1.25 bits per heavy atom. The average molecular weight is 296 g/mol. The Morgan fingerprint density at radius 2 is 1.80 bits per heavy atom. The van der Waals surface area contributed by atoms with Gasteiger partial charge in [0, 0.05) is 11.8 Å². The minimum atomic E-state index is -3.27. The minimum Gasteiger partial charge on any atom is -0.504 e. The number of methoxy groups -OCH3 is 1. The number of carbonyl (C=O) groups is 1. The van der Waals surface area contributed by atoms with Crippen LogP contribution >= 0.6 is 0 Å². The number of allylic oxidation sites excluding steroid dienone is 2. The van der Waals surface area contributed by atoms with Crippen LogP contribution in [0.5, 0.6) is 0 Å². The number of ether oxygens (including phenoxy) is 1. The summed E-state index contributed by atoms with van der Waals surface area (Å²) in [6.45, 7) is 1.47. The van der Waals surface area contributed by atoms with E-state index in [2.05, 4.69) is 0 Å². The van der Waals surface area contributed by atoms with Crippen molar-refractivity contribution in [2.75, 3.05) is 13.4 Å². The highest BCUT2D eigenvalue weighted by molar-refractivity contribution is 7.90. The summed E-state index contributed by atoms with van der Waals surface area (Å²) < 4.78 is 27.6. The highest BCUT2D eigenvalue weighted by Gasteiger charge is 2.11. The average Bonchev–Trinajstić information content (AvgIpc) is 2.38. The van der Waals surface area contributed by atoms with Gasteiger partial charge in [-0.25, -0.2) is 13.2 Å². The van der Waals surface area contributed by atoms with Crippen LogP contribution < -0.4 is 0 Å². The van der Waals surface area contributed by atoms with E-state index in [4.69, 9.17) is 9.84 Å². The molecule has 5 nitrogen and oxygen atoms in total. The first kappa shape index (κ1) is 16.0. The number of hydrogen-bond acceptors (Lipinski definition) is 4. The van der Waals surface area contributed by atoms with Crippen LogP contribution in [-0.2, 0) is 19.4 Å². The largest absolute Gasteiger partial charge is 0.504 e. The van der Waals surface area contributed by atoms with Crippen molar-refractivity contribution < 1.29 is 23.1 Å². The maximum Gasteiger partial charge on any atom is 0.331 e. The molecule has 0 radical (unpaired) electrons. The van der Waals surface area contributed by atoms with Crippen LogP contribution in [0.1, 0.15) is 12.5 Å². The standard InChI is InChI=1S/C14H16O5S/c1-10(14(15)16)13(8-9-19-2)11-4-6-12(7-5-11)20(3,17)18/h4-9H,1-3H3,(H,15,16)/b9-8?,13-10+. The molecular formula is C14H16O5S. The van der Waals surface area contributed by atoms with Crippen molar-refractivity contribution in [3.63, 3.8) is 0 Å². The van der Waals surface area contributed by atoms with Gasteiger partial charge in [-0.05, 0) is 36.3 Å². The molecule has 0 amide bonds. The van der Waals surface area contributed by atoms with E-state index in [1.165, 1.54) is 38.5 Å². The molecule has 1 aromatic carbocycles. The van der Waals surface area contributed by atoms with Crippen LogP contribution in [0.4, 0.5) is 0 Å². The van der Waals surface area contributed by atoms with Gasteiger partial charge >= 0.3 is 5.97 Å². The Balaban J connectivity index is 3.34. The van der Waals surface area contributed by atoms with Gasteiger partial charge in [0.05, 0.1) is 18.3 Å². The molecule has 0 aliphatic carbocycles. The van der Waals surface area contributed by atoms with Gasteiger partial charge in [-0.1, -0.05) is 12.1 Å². The van der Waals surface area contributed by atoms with Gasteiger partial charge in [0.25, 0.3) is 0 Å². The van der Waals surface area contributed by atoms with Crippen LogP contribution in [-0.4, -0.2) is 32.9 Å². The second kappa shape index (κ2) is 6.38. The second-order valence-corrected chi connectivity index (χ2v) is 6.19. The monoisotopic (exact) mass is 296 g/mol. The normalized spacial score (nSPS) is 13.2. The van der Waals surface area contributed by atoms with Gasteiger partial charge in [0.2, 0.25) is 0 Å². The smallest absolute Gasteiger partial charge is 0.331 e. The Labute approximate surface area is 118 Å². The fraction of sp³-hybridized carbons (Fsp3) is 0.214. The van der Waals surface area contributed by atoms with Crippen LogP contribution in [0.3, 0.4) is 0 Å². The topological polar surface area (TPSA) is 80.7 Å². The number of benzene rings is 1. The number of sulfone groups is 1. The van der Waals surface area contributed by atoms with Gasteiger partial charge in [-0.15, -0.1) is 0 Å². The number of hydrogen-bond donors (Lipinski definition) is 1. The van der Waals surface area contributed by atoms with Crippen molar-refractivity contribution in [1.82, 2.24) is 0 Å². The molecule has 0 atom stereocenters. The predicted octanol–water partition coefficient (Wildman–Crippen LogP) is 2.11. The van der Waals surface area contributed by atoms with E-state index in [1.807, 2.05) is 0 Å². The Kier molecular flexibility index (Phi) is 5.10. The maximum absolute atomic E-state index is 11.4. The van der Waals surface area contributed by atoms with Gasteiger partial charge in [-0.2, -0.15) is 0 Å². The molecule has 6 heteroatoms. The van der Waals surface area contributed by atoms with E-state index in [1.54, 1.807) is 12.1 Å². The zero-order chi connectivity index (χ0) is 15.3. The van der Waals surface area contributed by atoms with Crippen LogP contribution in [0, 0.1) is 0 Å². The van der Waals surface area contributed by atoms with Gasteiger partial charge in [-0.3, -0.25) is 0 Å². The fourth-order valence-corrected chi connectivity index (χ4v) is 2.20. The Bertz CT molecular complexity index is 651.